The minimum Gasteiger partial charge on any atom is -0.399 e. The molecule has 7 heteroatoms. The zero-order chi connectivity index (χ0) is 17.2. The van der Waals surface area contributed by atoms with Crippen LogP contribution >= 0.6 is 11.6 Å². The van der Waals surface area contributed by atoms with E-state index in [1.54, 1.807) is 12.1 Å². The van der Waals surface area contributed by atoms with Crippen LogP contribution in [-0.2, 0) is 4.79 Å². The first-order valence-electron chi connectivity index (χ1n) is 7.44. The molecule has 0 aliphatic rings. The summed E-state index contributed by atoms with van der Waals surface area (Å²) in [6, 6.07) is 6.63. The third kappa shape index (κ3) is 6.19. The van der Waals surface area contributed by atoms with Gasteiger partial charge in [0.15, 0.2) is 0 Å². The number of hydrogen-bond donors (Lipinski definition) is 3. The zero-order valence-electron chi connectivity index (χ0n) is 13.4. The topological polar surface area (TPSA) is 94.2 Å². The summed E-state index contributed by atoms with van der Waals surface area (Å²) in [5, 5.41) is 15.0. The van der Waals surface area contributed by atoms with Crippen LogP contribution in [0.2, 0.25) is 5.02 Å². The summed E-state index contributed by atoms with van der Waals surface area (Å²) >= 11 is 6.00. The standard InChI is InChI=1S/C16H22ClN5O/c1-3-22(4-2)8-7-20-11-12(10-18)16(23)21-15-6-5-13(19)9-14(15)17/h5-6,9,11,20H,3-4,7-8,19H2,1-2H3,(H,21,23)/b12-11-. The lowest BCUT2D eigenvalue weighted by atomic mass is 10.2. The molecule has 0 radical (unpaired) electrons. The fraction of sp³-hybridized carbons (Fsp3) is 0.375. The highest BCUT2D eigenvalue weighted by molar-refractivity contribution is 6.34. The van der Waals surface area contributed by atoms with E-state index in [9.17, 15) is 4.79 Å². The molecule has 0 aromatic heterocycles. The van der Waals surface area contributed by atoms with Crippen molar-refractivity contribution in [1.29, 1.82) is 5.26 Å². The Morgan fingerprint density at radius 3 is 2.70 bits per heavy atom. The van der Waals surface area contributed by atoms with Crippen molar-refractivity contribution >= 4 is 28.9 Å². The van der Waals surface area contributed by atoms with Crippen molar-refractivity contribution in [3.05, 3.63) is 35.0 Å². The molecule has 1 rings (SSSR count). The lowest BCUT2D eigenvalue weighted by molar-refractivity contribution is -0.112. The van der Waals surface area contributed by atoms with E-state index in [1.807, 2.05) is 6.07 Å². The molecule has 0 aliphatic heterocycles. The normalized spacial score (nSPS) is 11.2. The van der Waals surface area contributed by atoms with Crippen molar-refractivity contribution < 1.29 is 4.79 Å². The summed E-state index contributed by atoms with van der Waals surface area (Å²) in [5.41, 5.74) is 6.50. The van der Waals surface area contributed by atoms with Crippen LogP contribution in [0.5, 0.6) is 0 Å². The van der Waals surface area contributed by atoms with Crippen molar-refractivity contribution in [2.24, 2.45) is 0 Å². The van der Waals surface area contributed by atoms with Gasteiger partial charge in [0.25, 0.3) is 5.91 Å². The number of carbonyl (C=O) groups is 1. The van der Waals surface area contributed by atoms with E-state index in [1.165, 1.54) is 12.3 Å². The van der Waals surface area contributed by atoms with Crippen LogP contribution in [-0.4, -0.2) is 37.0 Å². The van der Waals surface area contributed by atoms with E-state index in [-0.39, 0.29) is 5.57 Å². The quantitative estimate of drug-likeness (QED) is 0.293. The number of nitriles is 1. The van der Waals surface area contributed by atoms with Crippen LogP contribution in [0.1, 0.15) is 13.8 Å². The summed E-state index contributed by atoms with van der Waals surface area (Å²) in [6.45, 7) is 7.59. The number of rotatable bonds is 8. The van der Waals surface area contributed by atoms with Gasteiger partial charge >= 0.3 is 0 Å². The minimum absolute atomic E-state index is 0.0163. The Balaban J connectivity index is 2.61. The smallest absolute Gasteiger partial charge is 0.267 e. The molecule has 23 heavy (non-hydrogen) atoms. The van der Waals surface area contributed by atoms with Gasteiger partial charge in [0.1, 0.15) is 11.6 Å². The molecule has 1 aromatic rings. The molecule has 4 N–H and O–H groups in total. The minimum atomic E-state index is -0.519. The van der Waals surface area contributed by atoms with Gasteiger partial charge < -0.3 is 21.3 Å². The lowest BCUT2D eigenvalue weighted by Crippen LogP contribution is -2.30. The molecule has 1 amide bonds. The third-order valence-corrected chi connectivity index (χ3v) is 3.63. The summed E-state index contributed by atoms with van der Waals surface area (Å²) in [4.78, 5) is 14.3. The lowest BCUT2D eigenvalue weighted by Gasteiger charge is -2.17. The Bertz CT molecular complexity index is 605. The van der Waals surface area contributed by atoms with Crippen LogP contribution in [0.3, 0.4) is 0 Å². The molecule has 0 heterocycles. The highest BCUT2D eigenvalue weighted by atomic mass is 35.5. The van der Waals surface area contributed by atoms with Gasteiger partial charge in [-0.05, 0) is 31.3 Å². The molecular weight excluding hydrogens is 314 g/mol. The maximum atomic E-state index is 12.1. The summed E-state index contributed by atoms with van der Waals surface area (Å²) in [5.74, 6) is -0.519. The molecule has 0 aliphatic carbocycles. The molecule has 0 fully saturated rings. The number of nitrogens with two attached hydrogens (primary N) is 1. The van der Waals surface area contributed by atoms with E-state index in [0.29, 0.717) is 22.9 Å². The van der Waals surface area contributed by atoms with Gasteiger partial charge in [-0.25, -0.2) is 0 Å². The number of nitrogens with zero attached hydrogens (tertiary/aromatic N) is 2. The summed E-state index contributed by atoms with van der Waals surface area (Å²) in [7, 11) is 0. The number of nitrogen functional groups attached to an aromatic ring is 1. The number of halogens is 1. The first kappa shape index (κ1) is 18.8. The molecule has 0 spiro atoms. The number of amides is 1. The Hall–Kier alpha value is -2.23. The van der Waals surface area contributed by atoms with Crippen LogP contribution in [0.4, 0.5) is 11.4 Å². The van der Waals surface area contributed by atoms with Crippen LogP contribution in [0.25, 0.3) is 0 Å². The molecule has 0 unspecified atom stereocenters. The number of benzene rings is 1. The Morgan fingerprint density at radius 2 is 2.13 bits per heavy atom. The van der Waals surface area contributed by atoms with E-state index >= 15 is 0 Å². The summed E-state index contributed by atoms with van der Waals surface area (Å²) in [6.07, 6.45) is 1.42. The SMILES string of the molecule is CCN(CC)CCN/C=C(/C#N)C(=O)Nc1ccc(N)cc1Cl. The fourth-order valence-electron chi connectivity index (χ4n) is 1.91. The predicted molar refractivity (Wildman–Crippen MR) is 94.0 cm³/mol. The van der Waals surface area contributed by atoms with E-state index < -0.39 is 5.91 Å². The van der Waals surface area contributed by atoms with Gasteiger partial charge in [-0.3, -0.25) is 4.79 Å². The Kier molecular flexibility index (Phi) is 7.95. The van der Waals surface area contributed by atoms with E-state index in [4.69, 9.17) is 22.6 Å². The predicted octanol–water partition coefficient (Wildman–Crippen LogP) is 2.20. The van der Waals surface area contributed by atoms with Gasteiger partial charge in [-0.1, -0.05) is 25.4 Å². The van der Waals surface area contributed by atoms with E-state index in [0.717, 1.165) is 19.6 Å². The van der Waals surface area contributed by atoms with Crippen LogP contribution in [0, 0.1) is 11.3 Å². The van der Waals surface area contributed by atoms with Gasteiger partial charge in [0, 0.05) is 25.0 Å². The van der Waals surface area contributed by atoms with E-state index in [2.05, 4.69) is 29.4 Å². The highest BCUT2D eigenvalue weighted by Crippen LogP contribution is 2.24. The fourth-order valence-corrected chi connectivity index (χ4v) is 2.14. The average molecular weight is 336 g/mol. The third-order valence-electron chi connectivity index (χ3n) is 3.32. The average Bonchev–Trinajstić information content (AvgIpc) is 2.53. The van der Waals surface area contributed by atoms with Gasteiger partial charge in [0.2, 0.25) is 0 Å². The molecule has 6 nitrogen and oxygen atoms in total. The second-order valence-corrected chi connectivity index (χ2v) is 5.25. The number of carbonyl (C=O) groups excluding carboxylic acids is 1. The van der Waals surface area contributed by atoms with Crippen molar-refractivity contribution in [1.82, 2.24) is 10.2 Å². The molecular formula is C16H22ClN5O. The summed E-state index contributed by atoms with van der Waals surface area (Å²) < 4.78 is 0. The molecule has 0 saturated heterocycles. The Labute approximate surface area is 141 Å². The maximum absolute atomic E-state index is 12.1. The van der Waals surface area contributed by atoms with Crippen molar-refractivity contribution in [2.75, 3.05) is 37.2 Å². The Morgan fingerprint density at radius 1 is 1.43 bits per heavy atom. The van der Waals surface area contributed by atoms with Gasteiger partial charge in [0.05, 0.1) is 10.7 Å². The van der Waals surface area contributed by atoms with Crippen LogP contribution < -0.4 is 16.4 Å². The second-order valence-electron chi connectivity index (χ2n) is 4.84. The molecule has 0 saturated carbocycles. The molecule has 0 bridgehead atoms. The number of likely N-dealkylation sites (N-methyl/N-ethyl adjacent to an activating group) is 1. The highest BCUT2D eigenvalue weighted by Gasteiger charge is 2.11. The first-order valence-corrected chi connectivity index (χ1v) is 7.82. The van der Waals surface area contributed by atoms with Crippen molar-refractivity contribution in [3.8, 4) is 6.07 Å². The maximum Gasteiger partial charge on any atom is 0.267 e. The molecule has 0 atom stereocenters. The largest absolute Gasteiger partial charge is 0.399 e. The first-order chi connectivity index (χ1) is 11.0. The number of nitrogens with one attached hydrogen (secondary N) is 2. The van der Waals surface area contributed by atoms with Crippen molar-refractivity contribution in [3.63, 3.8) is 0 Å². The molecule has 1 aromatic carbocycles. The second kappa shape index (κ2) is 9.72. The number of anilines is 2. The molecule has 124 valence electrons. The monoisotopic (exact) mass is 335 g/mol. The van der Waals surface area contributed by atoms with Crippen molar-refractivity contribution in [2.45, 2.75) is 13.8 Å². The van der Waals surface area contributed by atoms with Gasteiger partial charge in [-0.15, -0.1) is 0 Å². The number of hydrogen-bond acceptors (Lipinski definition) is 5. The zero-order valence-corrected chi connectivity index (χ0v) is 14.2. The van der Waals surface area contributed by atoms with Crippen LogP contribution in [0.15, 0.2) is 30.0 Å². The van der Waals surface area contributed by atoms with Gasteiger partial charge in [-0.2, -0.15) is 5.26 Å².